The Hall–Kier alpha value is -1.84. The van der Waals surface area contributed by atoms with E-state index in [4.69, 9.17) is 23.2 Å². The van der Waals surface area contributed by atoms with Gasteiger partial charge in [-0.25, -0.2) is 0 Å². The fourth-order valence-corrected chi connectivity index (χ4v) is 2.39. The molecule has 2 aromatic rings. The molecule has 0 saturated heterocycles. The van der Waals surface area contributed by atoms with E-state index < -0.39 is 0 Å². The summed E-state index contributed by atoms with van der Waals surface area (Å²) in [6.07, 6.45) is 0. The van der Waals surface area contributed by atoms with Crippen LogP contribution in [0.15, 0.2) is 42.5 Å². The molecule has 0 atom stereocenters. The van der Waals surface area contributed by atoms with E-state index in [9.17, 15) is 10.0 Å². The lowest BCUT2D eigenvalue weighted by Crippen LogP contribution is -2.16. The predicted octanol–water partition coefficient (Wildman–Crippen LogP) is 3.82. The number of hydrogen-bond donors (Lipinski definition) is 0. The van der Waals surface area contributed by atoms with Gasteiger partial charge in [0.2, 0.25) is 5.69 Å². The molecule has 0 radical (unpaired) electrons. The summed E-state index contributed by atoms with van der Waals surface area (Å²) in [7, 11) is 0. The number of rotatable bonds is 1. The number of halogens is 2. The molecule has 2 aromatic carbocycles. The van der Waals surface area contributed by atoms with Crippen LogP contribution in [0.5, 0.6) is 0 Å². The summed E-state index contributed by atoms with van der Waals surface area (Å²) < 4.78 is 0.606. The maximum atomic E-state index is 12.3. The first-order valence-electron chi connectivity index (χ1n) is 5.53. The molecular formula is C14H7Cl2NO2. The molecule has 0 spiro atoms. The van der Waals surface area contributed by atoms with E-state index >= 15 is 0 Å². The van der Waals surface area contributed by atoms with E-state index in [2.05, 4.69) is 0 Å². The maximum Gasteiger partial charge on any atom is 0.272 e. The molecular weight excluding hydrogens is 285 g/mol. The Bertz CT molecular complexity index is 724. The van der Waals surface area contributed by atoms with Gasteiger partial charge in [-0.1, -0.05) is 41.4 Å². The molecule has 5 heteroatoms. The van der Waals surface area contributed by atoms with Crippen molar-refractivity contribution < 1.29 is 9.53 Å². The van der Waals surface area contributed by atoms with Crippen molar-refractivity contribution in [3.63, 3.8) is 0 Å². The van der Waals surface area contributed by atoms with Crippen molar-refractivity contribution in [2.45, 2.75) is 0 Å². The fraction of sp³-hybridized carbons (Fsp3) is 0. The lowest BCUT2D eigenvalue weighted by molar-refractivity contribution is -0.355. The summed E-state index contributed by atoms with van der Waals surface area (Å²) in [6.45, 7) is 0. The van der Waals surface area contributed by atoms with Gasteiger partial charge in [0.05, 0.1) is 15.6 Å². The summed E-state index contributed by atoms with van der Waals surface area (Å²) in [4.78, 5) is 12.3. The van der Waals surface area contributed by atoms with Crippen molar-refractivity contribution in [2.75, 3.05) is 0 Å². The molecule has 0 amide bonds. The summed E-state index contributed by atoms with van der Waals surface area (Å²) in [6, 6.07) is 11.6. The second-order valence-corrected chi connectivity index (χ2v) is 4.94. The minimum Gasteiger partial charge on any atom is -0.618 e. The molecule has 3 rings (SSSR count). The number of Topliss-reactive ketones (excluding diaryl/α,β-unsaturated/α-hetero) is 1. The second-order valence-electron chi connectivity index (χ2n) is 4.12. The Balaban J connectivity index is 2.23. The molecule has 0 fully saturated rings. The summed E-state index contributed by atoms with van der Waals surface area (Å²) in [5.74, 6) is -0.338. The van der Waals surface area contributed by atoms with Crippen LogP contribution >= 0.6 is 23.2 Å². The first-order chi connectivity index (χ1) is 9.09. The first-order valence-corrected chi connectivity index (χ1v) is 6.28. The topological polar surface area (TPSA) is 43.1 Å². The molecule has 1 heterocycles. The molecule has 94 valence electrons. The zero-order valence-electron chi connectivity index (χ0n) is 9.56. The van der Waals surface area contributed by atoms with Crippen LogP contribution in [-0.2, 0) is 0 Å². The molecule has 1 aliphatic rings. The van der Waals surface area contributed by atoms with Crippen LogP contribution in [0.3, 0.4) is 0 Å². The van der Waals surface area contributed by atoms with E-state index in [1.165, 1.54) is 12.1 Å². The normalized spacial score (nSPS) is 13.9. The molecule has 0 bridgehead atoms. The SMILES string of the molecule is O=C1C(c2ccccc2)=[N+]([O-])c2cc(Cl)c(Cl)cc21. The van der Waals surface area contributed by atoms with E-state index in [0.29, 0.717) is 10.3 Å². The largest absolute Gasteiger partial charge is 0.618 e. The number of benzene rings is 2. The van der Waals surface area contributed by atoms with Crippen molar-refractivity contribution in [3.8, 4) is 0 Å². The van der Waals surface area contributed by atoms with Crippen molar-refractivity contribution >= 4 is 40.4 Å². The highest BCUT2D eigenvalue weighted by atomic mass is 35.5. The summed E-state index contributed by atoms with van der Waals surface area (Å²) in [5.41, 5.74) is 1.18. The van der Waals surface area contributed by atoms with Crippen molar-refractivity contribution in [1.82, 2.24) is 0 Å². The van der Waals surface area contributed by atoms with Crippen LogP contribution in [0, 0.1) is 5.21 Å². The highest BCUT2D eigenvalue weighted by Gasteiger charge is 2.37. The van der Waals surface area contributed by atoms with Gasteiger partial charge >= 0.3 is 0 Å². The highest BCUT2D eigenvalue weighted by Crippen LogP contribution is 2.35. The average molecular weight is 292 g/mol. The van der Waals surface area contributed by atoms with Gasteiger partial charge in [0.15, 0.2) is 0 Å². The van der Waals surface area contributed by atoms with Crippen molar-refractivity contribution in [1.29, 1.82) is 0 Å². The molecule has 0 N–H and O–H groups in total. The van der Waals surface area contributed by atoms with E-state index in [1.54, 1.807) is 24.3 Å². The fourth-order valence-electron chi connectivity index (χ4n) is 2.07. The molecule has 19 heavy (non-hydrogen) atoms. The van der Waals surface area contributed by atoms with Gasteiger partial charge in [0.25, 0.3) is 11.5 Å². The van der Waals surface area contributed by atoms with Crippen molar-refractivity contribution in [2.24, 2.45) is 0 Å². The van der Waals surface area contributed by atoms with Gasteiger partial charge in [-0.3, -0.25) is 4.79 Å². The Kier molecular flexibility index (Phi) is 2.81. The number of carbonyl (C=O) groups is 1. The number of fused-ring (bicyclic) bond motifs is 1. The van der Waals surface area contributed by atoms with Gasteiger partial charge in [-0.2, -0.15) is 4.74 Å². The monoisotopic (exact) mass is 291 g/mol. The molecule has 3 nitrogen and oxygen atoms in total. The Labute approximate surface area is 119 Å². The molecule has 0 aromatic heterocycles. The smallest absolute Gasteiger partial charge is 0.272 e. The van der Waals surface area contributed by atoms with E-state index in [0.717, 1.165) is 0 Å². The number of carbonyl (C=O) groups excluding carboxylic acids is 1. The highest BCUT2D eigenvalue weighted by molar-refractivity contribution is 6.53. The minimum atomic E-state index is -0.338. The number of nitrogens with zero attached hydrogens (tertiary/aromatic N) is 1. The lowest BCUT2D eigenvalue weighted by Gasteiger charge is -2.02. The zero-order chi connectivity index (χ0) is 13.6. The standard InChI is InChI=1S/C14H7Cl2NO2/c15-10-6-9-12(7-11(10)16)17(19)13(14(9)18)8-4-2-1-3-5-8/h1-7H. The van der Waals surface area contributed by atoms with Gasteiger partial charge in [-0.05, 0) is 18.2 Å². The van der Waals surface area contributed by atoms with E-state index in [1.807, 2.05) is 6.07 Å². The third kappa shape index (κ3) is 1.82. The van der Waals surface area contributed by atoms with Crippen LogP contribution in [-0.4, -0.2) is 16.2 Å². The van der Waals surface area contributed by atoms with Crippen LogP contribution in [0.2, 0.25) is 10.0 Å². The van der Waals surface area contributed by atoms with Crippen LogP contribution in [0.1, 0.15) is 15.9 Å². The molecule has 1 aliphatic heterocycles. The summed E-state index contributed by atoms with van der Waals surface area (Å²) in [5, 5.41) is 12.7. The summed E-state index contributed by atoms with van der Waals surface area (Å²) >= 11 is 11.8. The third-order valence-electron chi connectivity index (χ3n) is 2.97. The van der Waals surface area contributed by atoms with Crippen LogP contribution < -0.4 is 0 Å². The van der Waals surface area contributed by atoms with Crippen LogP contribution in [0.4, 0.5) is 5.69 Å². The Morgan fingerprint density at radius 1 is 1.00 bits per heavy atom. The predicted molar refractivity (Wildman–Crippen MR) is 74.6 cm³/mol. The maximum absolute atomic E-state index is 12.3. The van der Waals surface area contributed by atoms with Gasteiger partial charge in [0, 0.05) is 6.07 Å². The molecule has 0 saturated carbocycles. The number of hydrogen-bond acceptors (Lipinski definition) is 2. The Morgan fingerprint density at radius 3 is 2.32 bits per heavy atom. The van der Waals surface area contributed by atoms with Gasteiger partial charge < -0.3 is 5.21 Å². The van der Waals surface area contributed by atoms with Gasteiger partial charge in [-0.15, -0.1) is 0 Å². The quantitative estimate of drug-likeness (QED) is 0.592. The first kappa shape index (κ1) is 12.2. The number of ketones is 1. The minimum absolute atomic E-state index is 0.0916. The molecule has 0 unspecified atom stereocenters. The lowest BCUT2D eigenvalue weighted by atomic mass is 10.0. The van der Waals surface area contributed by atoms with Crippen molar-refractivity contribution in [3.05, 3.63) is 68.8 Å². The van der Waals surface area contributed by atoms with Crippen LogP contribution in [0.25, 0.3) is 0 Å². The second kappa shape index (κ2) is 4.37. The average Bonchev–Trinajstić information content (AvgIpc) is 2.64. The zero-order valence-corrected chi connectivity index (χ0v) is 11.1. The molecule has 0 aliphatic carbocycles. The third-order valence-corrected chi connectivity index (χ3v) is 3.69. The van der Waals surface area contributed by atoms with E-state index in [-0.39, 0.29) is 32.8 Å². The Morgan fingerprint density at radius 2 is 1.63 bits per heavy atom. The van der Waals surface area contributed by atoms with Gasteiger partial charge in [0.1, 0.15) is 5.56 Å².